The quantitative estimate of drug-likeness (QED) is 0.466. The number of hydrogen-bond donors (Lipinski definition) is 1. The number of carbonyl (C=O) groups is 1. The molecule has 1 aliphatic rings. The van der Waals surface area contributed by atoms with Gasteiger partial charge in [0.2, 0.25) is 0 Å². The molecule has 1 fully saturated rings. The number of nitrogens with one attached hydrogen (secondary N) is 1. The van der Waals surface area contributed by atoms with Crippen molar-refractivity contribution in [1.29, 1.82) is 0 Å². The normalized spacial score (nSPS) is 14.0. The Balaban J connectivity index is 1.16. The molecule has 2 heterocycles. The summed E-state index contributed by atoms with van der Waals surface area (Å²) in [6, 6.07) is 24.0. The predicted octanol–water partition coefficient (Wildman–Crippen LogP) is 4.44. The third kappa shape index (κ3) is 5.20. The van der Waals surface area contributed by atoms with Gasteiger partial charge in [0.25, 0.3) is 0 Å². The van der Waals surface area contributed by atoms with E-state index in [9.17, 15) is 4.79 Å². The zero-order chi connectivity index (χ0) is 22.5. The summed E-state index contributed by atoms with van der Waals surface area (Å²) in [5.41, 5.74) is 5.51. The van der Waals surface area contributed by atoms with Gasteiger partial charge < -0.3 is 10.2 Å². The topological polar surface area (TPSA) is 61.4 Å². The van der Waals surface area contributed by atoms with E-state index in [4.69, 9.17) is 0 Å². The molecule has 0 aliphatic carbocycles. The van der Waals surface area contributed by atoms with E-state index in [0.717, 1.165) is 53.5 Å². The summed E-state index contributed by atoms with van der Waals surface area (Å²) >= 11 is 1.15. The monoisotopic (exact) mass is 453 g/mol. The van der Waals surface area contributed by atoms with Gasteiger partial charge in [0.15, 0.2) is 0 Å². The minimum atomic E-state index is -0.0895. The van der Waals surface area contributed by atoms with Crippen molar-refractivity contribution in [3.8, 4) is 11.8 Å². The Bertz CT molecular complexity index is 1320. The minimum absolute atomic E-state index is 0.0895. The second kappa shape index (κ2) is 9.82. The predicted molar refractivity (Wildman–Crippen MR) is 132 cm³/mol. The minimum Gasteiger partial charge on any atom is -0.322 e. The maximum atomic E-state index is 12.8. The standard InChI is InChI=1S/C26H23N5OS/c32-26(27-23-10-5-11-24-25(23)29-33-28-24)31-16-14-30(15-17-31)19-22-9-4-8-21(18-22)13-12-20-6-2-1-3-7-20/h1-11,18H,14-17,19H2,(H,27,32). The lowest BCUT2D eigenvalue weighted by atomic mass is 10.1. The Kier molecular flexibility index (Phi) is 6.29. The molecule has 5 rings (SSSR count). The van der Waals surface area contributed by atoms with E-state index < -0.39 is 0 Å². The van der Waals surface area contributed by atoms with E-state index in [0.29, 0.717) is 18.8 Å². The molecule has 33 heavy (non-hydrogen) atoms. The molecule has 4 aromatic rings. The lowest BCUT2D eigenvalue weighted by Crippen LogP contribution is -2.49. The molecule has 0 radical (unpaired) electrons. The van der Waals surface area contributed by atoms with Crippen LogP contribution in [0.5, 0.6) is 0 Å². The van der Waals surface area contributed by atoms with Gasteiger partial charge in [0.05, 0.1) is 17.4 Å². The third-order valence-corrected chi connectivity index (χ3v) is 6.19. The second-order valence-electron chi connectivity index (χ2n) is 7.95. The van der Waals surface area contributed by atoms with Gasteiger partial charge >= 0.3 is 6.03 Å². The zero-order valence-corrected chi connectivity index (χ0v) is 18.9. The van der Waals surface area contributed by atoms with E-state index in [1.807, 2.05) is 59.5 Å². The number of hydrogen-bond acceptors (Lipinski definition) is 5. The highest BCUT2D eigenvalue weighted by Gasteiger charge is 2.22. The Morgan fingerprint density at radius 1 is 0.879 bits per heavy atom. The summed E-state index contributed by atoms with van der Waals surface area (Å²) in [5, 5.41) is 3.00. The fourth-order valence-electron chi connectivity index (χ4n) is 3.88. The van der Waals surface area contributed by atoms with Crippen LogP contribution < -0.4 is 5.32 Å². The van der Waals surface area contributed by atoms with Crippen molar-refractivity contribution in [3.63, 3.8) is 0 Å². The molecule has 1 saturated heterocycles. The van der Waals surface area contributed by atoms with Gasteiger partial charge in [-0.2, -0.15) is 8.75 Å². The van der Waals surface area contributed by atoms with Crippen molar-refractivity contribution in [3.05, 3.63) is 89.5 Å². The fourth-order valence-corrected chi connectivity index (χ4v) is 4.43. The number of amides is 2. The van der Waals surface area contributed by atoms with Crippen molar-refractivity contribution < 1.29 is 4.79 Å². The van der Waals surface area contributed by atoms with Crippen LogP contribution in [-0.4, -0.2) is 50.8 Å². The van der Waals surface area contributed by atoms with Gasteiger partial charge in [0.1, 0.15) is 11.0 Å². The molecular formula is C26H23N5OS. The summed E-state index contributed by atoms with van der Waals surface area (Å²) in [5.74, 6) is 6.47. The van der Waals surface area contributed by atoms with Crippen LogP contribution in [0.25, 0.3) is 11.0 Å². The first-order chi connectivity index (χ1) is 16.2. The van der Waals surface area contributed by atoms with Gasteiger partial charge in [0, 0.05) is 43.9 Å². The molecule has 1 aliphatic heterocycles. The highest BCUT2D eigenvalue weighted by atomic mass is 32.1. The molecule has 7 heteroatoms. The largest absolute Gasteiger partial charge is 0.322 e. The third-order valence-electron chi connectivity index (χ3n) is 5.65. The van der Waals surface area contributed by atoms with Crippen LogP contribution in [0.15, 0.2) is 72.8 Å². The van der Waals surface area contributed by atoms with Gasteiger partial charge in [-0.1, -0.05) is 48.2 Å². The summed E-state index contributed by atoms with van der Waals surface area (Å²) < 4.78 is 8.53. The molecule has 1 aromatic heterocycles. The summed E-state index contributed by atoms with van der Waals surface area (Å²) in [6.45, 7) is 3.88. The number of anilines is 1. The van der Waals surface area contributed by atoms with Crippen LogP contribution in [0.1, 0.15) is 16.7 Å². The van der Waals surface area contributed by atoms with E-state index in [1.165, 1.54) is 5.56 Å². The molecule has 0 spiro atoms. The van der Waals surface area contributed by atoms with Crippen molar-refractivity contribution >= 4 is 34.5 Å². The van der Waals surface area contributed by atoms with E-state index in [-0.39, 0.29) is 6.03 Å². The number of aromatic nitrogens is 2. The van der Waals surface area contributed by atoms with Crippen LogP contribution in [0, 0.1) is 11.8 Å². The molecule has 0 atom stereocenters. The number of carbonyl (C=O) groups excluding carboxylic acids is 1. The van der Waals surface area contributed by atoms with E-state index >= 15 is 0 Å². The molecular weight excluding hydrogens is 430 g/mol. The zero-order valence-electron chi connectivity index (χ0n) is 18.1. The highest BCUT2D eigenvalue weighted by Crippen LogP contribution is 2.21. The number of urea groups is 1. The smallest absolute Gasteiger partial charge is 0.321 e. The number of benzene rings is 3. The lowest BCUT2D eigenvalue weighted by Gasteiger charge is -2.34. The highest BCUT2D eigenvalue weighted by molar-refractivity contribution is 7.00. The second-order valence-corrected chi connectivity index (χ2v) is 8.48. The molecule has 0 saturated carbocycles. The van der Waals surface area contributed by atoms with Crippen molar-refractivity contribution in [2.75, 3.05) is 31.5 Å². The molecule has 6 nitrogen and oxygen atoms in total. The maximum Gasteiger partial charge on any atom is 0.321 e. The van der Waals surface area contributed by atoms with Crippen LogP contribution >= 0.6 is 11.7 Å². The maximum absolute atomic E-state index is 12.8. The first-order valence-corrected chi connectivity index (χ1v) is 11.6. The van der Waals surface area contributed by atoms with Gasteiger partial charge in [-0.25, -0.2) is 4.79 Å². The van der Waals surface area contributed by atoms with Gasteiger partial charge in [-0.05, 0) is 42.0 Å². The van der Waals surface area contributed by atoms with Crippen LogP contribution in [0.4, 0.5) is 10.5 Å². The van der Waals surface area contributed by atoms with E-state index in [1.54, 1.807) is 0 Å². The van der Waals surface area contributed by atoms with Gasteiger partial charge in [-0.3, -0.25) is 4.90 Å². The van der Waals surface area contributed by atoms with E-state index in [2.05, 4.69) is 49.0 Å². The molecule has 0 unspecified atom stereocenters. The number of piperazine rings is 1. The van der Waals surface area contributed by atoms with Crippen LogP contribution in [0.3, 0.4) is 0 Å². The van der Waals surface area contributed by atoms with Crippen LogP contribution in [0.2, 0.25) is 0 Å². The van der Waals surface area contributed by atoms with Crippen LogP contribution in [-0.2, 0) is 6.54 Å². The number of rotatable bonds is 3. The molecule has 3 aromatic carbocycles. The Morgan fingerprint density at radius 3 is 2.48 bits per heavy atom. The first-order valence-electron chi connectivity index (χ1n) is 10.9. The average Bonchev–Trinajstić information content (AvgIpc) is 3.34. The molecule has 164 valence electrons. The summed E-state index contributed by atoms with van der Waals surface area (Å²) in [7, 11) is 0. The SMILES string of the molecule is O=C(Nc1cccc2nsnc12)N1CCN(Cc2cccc(C#Cc3ccccc3)c2)CC1. The Hall–Kier alpha value is -3.73. The number of nitrogens with zero attached hydrogens (tertiary/aromatic N) is 4. The average molecular weight is 454 g/mol. The molecule has 2 amide bonds. The fraction of sp³-hybridized carbons (Fsp3) is 0.192. The summed E-state index contributed by atoms with van der Waals surface area (Å²) in [4.78, 5) is 17.0. The Morgan fingerprint density at radius 2 is 1.64 bits per heavy atom. The van der Waals surface area contributed by atoms with Crippen molar-refractivity contribution in [2.45, 2.75) is 6.54 Å². The lowest BCUT2D eigenvalue weighted by molar-refractivity contribution is 0.143. The molecule has 1 N–H and O–H groups in total. The number of fused-ring (bicyclic) bond motifs is 1. The van der Waals surface area contributed by atoms with Crippen molar-refractivity contribution in [1.82, 2.24) is 18.5 Å². The Labute approximate surface area is 197 Å². The molecule has 0 bridgehead atoms. The summed E-state index contributed by atoms with van der Waals surface area (Å²) in [6.07, 6.45) is 0. The van der Waals surface area contributed by atoms with Crippen molar-refractivity contribution in [2.24, 2.45) is 0 Å². The van der Waals surface area contributed by atoms with Gasteiger partial charge in [-0.15, -0.1) is 0 Å². The first kappa shape index (κ1) is 21.1.